The van der Waals surface area contributed by atoms with Crippen LogP contribution in [0.4, 0.5) is 0 Å². The molecule has 0 radical (unpaired) electrons. The van der Waals surface area contributed by atoms with Gasteiger partial charge in [-0.25, -0.2) is 8.42 Å². The molecule has 0 aromatic heterocycles. The average Bonchev–Trinajstić information content (AvgIpc) is 2.36. The van der Waals surface area contributed by atoms with Crippen molar-refractivity contribution >= 4 is 37.3 Å². The lowest BCUT2D eigenvalue weighted by atomic mass is 10.1. The van der Waals surface area contributed by atoms with Crippen molar-refractivity contribution in [3.63, 3.8) is 0 Å². The predicted octanol–water partition coefficient (Wildman–Crippen LogP) is 2.02. The largest absolute Gasteiger partial charge is 0.290 e. The summed E-state index contributed by atoms with van der Waals surface area (Å²) >= 11 is 2.91. The second kappa shape index (κ2) is 5.75. The number of hydrogen-bond donors (Lipinski definition) is 0. The second-order valence-electron chi connectivity index (χ2n) is 4.00. The summed E-state index contributed by atoms with van der Waals surface area (Å²) in [4.78, 5) is 22.9. The van der Waals surface area contributed by atoms with Crippen molar-refractivity contribution in [2.45, 2.75) is 24.0 Å². The maximum absolute atomic E-state index is 11.8. The number of rotatable bonds is 5. The summed E-state index contributed by atoms with van der Waals surface area (Å²) in [6.45, 7) is 3.17. The van der Waals surface area contributed by atoms with Gasteiger partial charge >= 0.3 is 0 Å². The molecule has 6 heteroatoms. The third-order valence-electron chi connectivity index (χ3n) is 2.44. The van der Waals surface area contributed by atoms with Gasteiger partial charge in [-0.3, -0.25) is 9.59 Å². The van der Waals surface area contributed by atoms with Crippen LogP contribution in [0.2, 0.25) is 0 Å². The van der Waals surface area contributed by atoms with Crippen molar-refractivity contribution in [2.24, 2.45) is 0 Å². The average molecular weight is 333 g/mol. The van der Waals surface area contributed by atoms with Crippen molar-refractivity contribution in [3.8, 4) is 0 Å². The molecule has 1 aromatic rings. The van der Waals surface area contributed by atoms with Gasteiger partial charge in [-0.05, 0) is 38.1 Å². The van der Waals surface area contributed by atoms with Gasteiger partial charge in [-0.1, -0.05) is 15.9 Å². The molecule has 98 valence electrons. The van der Waals surface area contributed by atoms with Crippen LogP contribution in [0, 0.1) is 0 Å². The van der Waals surface area contributed by atoms with Crippen molar-refractivity contribution in [3.05, 3.63) is 29.8 Å². The predicted molar refractivity (Wildman–Crippen MR) is 71.9 cm³/mol. The smallest absolute Gasteiger partial charge is 0.229 e. The van der Waals surface area contributed by atoms with E-state index in [1.165, 1.54) is 24.3 Å². The van der Waals surface area contributed by atoms with E-state index in [0.29, 0.717) is 0 Å². The minimum Gasteiger partial charge on any atom is -0.290 e. The minimum atomic E-state index is -3.35. The molecule has 0 N–H and O–H groups in total. The maximum atomic E-state index is 11.8. The zero-order valence-electron chi connectivity index (χ0n) is 10.0. The number of Topliss-reactive ketones (excluding diaryl/α,β-unsaturated/α-hetero) is 2. The molecule has 0 aliphatic carbocycles. The first-order valence-electron chi connectivity index (χ1n) is 5.28. The third kappa shape index (κ3) is 3.05. The highest BCUT2D eigenvalue weighted by atomic mass is 79.9. The van der Waals surface area contributed by atoms with Gasteiger partial charge in [0.1, 0.15) is 0 Å². The van der Waals surface area contributed by atoms with Gasteiger partial charge in [0.15, 0.2) is 9.84 Å². The standard InChI is InChI=1S/C12H13BrO4S/c1-8(2)18(16,17)10-5-3-9(4-6-10)12(15)11(14)7-13/h3-6,8H,7H2,1-2H3. The number of carbonyl (C=O) groups excluding carboxylic acids is 2. The highest BCUT2D eigenvalue weighted by molar-refractivity contribution is 9.09. The fraction of sp³-hybridized carbons (Fsp3) is 0.333. The van der Waals surface area contributed by atoms with E-state index in [1.54, 1.807) is 13.8 Å². The normalized spacial score (nSPS) is 11.6. The van der Waals surface area contributed by atoms with Crippen molar-refractivity contribution in [1.29, 1.82) is 0 Å². The molecular weight excluding hydrogens is 320 g/mol. The van der Waals surface area contributed by atoms with Gasteiger partial charge in [0, 0.05) is 5.56 Å². The molecule has 4 nitrogen and oxygen atoms in total. The van der Waals surface area contributed by atoms with Crippen LogP contribution in [-0.2, 0) is 14.6 Å². The summed E-state index contributed by atoms with van der Waals surface area (Å²) in [6, 6.07) is 5.42. The molecule has 18 heavy (non-hydrogen) atoms. The Labute approximate surface area is 114 Å². The van der Waals surface area contributed by atoms with E-state index < -0.39 is 26.7 Å². The Kier molecular flexibility index (Phi) is 4.81. The summed E-state index contributed by atoms with van der Waals surface area (Å²) in [5, 5.41) is -0.569. The molecule has 0 unspecified atom stereocenters. The molecule has 0 bridgehead atoms. The Morgan fingerprint density at radius 1 is 1.17 bits per heavy atom. The summed E-state index contributed by atoms with van der Waals surface area (Å²) < 4.78 is 23.7. The fourth-order valence-electron chi connectivity index (χ4n) is 1.29. The molecule has 0 fully saturated rings. The quantitative estimate of drug-likeness (QED) is 0.470. The first kappa shape index (κ1) is 15.0. The Morgan fingerprint density at radius 3 is 2.06 bits per heavy atom. The molecule has 0 spiro atoms. The topological polar surface area (TPSA) is 68.3 Å². The first-order valence-corrected chi connectivity index (χ1v) is 7.95. The summed E-state index contributed by atoms with van der Waals surface area (Å²) in [5.74, 6) is -1.19. The van der Waals surface area contributed by atoms with E-state index >= 15 is 0 Å². The monoisotopic (exact) mass is 332 g/mol. The second-order valence-corrected chi connectivity index (χ2v) is 7.07. The molecule has 0 aliphatic heterocycles. The highest BCUT2D eigenvalue weighted by Crippen LogP contribution is 2.16. The van der Waals surface area contributed by atoms with Crippen LogP contribution >= 0.6 is 15.9 Å². The van der Waals surface area contributed by atoms with Gasteiger partial charge in [-0.2, -0.15) is 0 Å². The fourth-order valence-corrected chi connectivity index (χ4v) is 2.60. The van der Waals surface area contributed by atoms with Crippen LogP contribution in [0.5, 0.6) is 0 Å². The van der Waals surface area contributed by atoms with Crippen LogP contribution in [0.15, 0.2) is 29.2 Å². The number of sulfone groups is 1. The minimum absolute atomic E-state index is 0.0438. The first-order chi connectivity index (χ1) is 8.30. The van der Waals surface area contributed by atoms with E-state index in [4.69, 9.17) is 0 Å². The van der Waals surface area contributed by atoms with Crippen LogP contribution in [0.25, 0.3) is 0 Å². The van der Waals surface area contributed by atoms with Crippen LogP contribution < -0.4 is 0 Å². The molecular formula is C12H13BrO4S. The number of alkyl halides is 1. The van der Waals surface area contributed by atoms with Gasteiger partial charge in [0.25, 0.3) is 0 Å². The zero-order chi connectivity index (χ0) is 13.9. The summed E-state index contributed by atoms with van der Waals surface area (Å²) in [7, 11) is -3.35. The lowest BCUT2D eigenvalue weighted by molar-refractivity contribution is -0.112. The van der Waals surface area contributed by atoms with Crippen LogP contribution in [0.1, 0.15) is 24.2 Å². The van der Waals surface area contributed by atoms with Crippen molar-refractivity contribution in [2.75, 3.05) is 5.33 Å². The van der Waals surface area contributed by atoms with E-state index in [9.17, 15) is 18.0 Å². The van der Waals surface area contributed by atoms with E-state index in [1.807, 2.05) is 0 Å². The van der Waals surface area contributed by atoms with Gasteiger partial charge in [-0.15, -0.1) is 0 Å². The van der Waals surface area contributed by atoms with E-state index in [0.717, 1.165) is 0 Å². The maximum Gasteiger partial charge on any atom is 0.229 e. The third-order valence-corrected chi connectivity index (χ3v) is 5.12. The molecule has 0 saturated carbocycles. The SMILES string of the molecule is CC(C)S(=O)(=O)c1ccc(C(=O)C(=O)CBr)cc1. The Balaban J connectivity index is 3.08. The van der Waals surface area contributed by atoms with E-state index in [2.05, 4.69) is 15.9 Å². The number of hydrogen-bond acceptors (Lipinski definition) is 4. The van der Waals surface area contributed by atoms with Gasteiger partial charge < -0.3 is 0 Å². The Bertz CT molecular complexity index is 558. The summed E-state index contributed by atoms with van der Waals surface area (Å²) in [6.07, 6.45) is 0. The van der Waals surface area contributed by atoms with Crippen molar-refractivity contribution in [1.82, 2.24) is 0 Å². The molecule has 0 amide bonds. The lowest BCUT2D eigenvalue weighted by Crippen LogP contribution is -2.16. The Morgan fingerprint density at radius 2 is 1.67 bits per heavy atom. The molecule has 0 heterocycles. The van der Waals surface area contributed by atoms with E-state index in [-0.39, 0.29) is 15.8 Å². The molecule has 0 aliphatic rings. The summed E-state index contributed by atoms with van der Waals surface area (Å²) in [5.41, 5.74) is 0.196. The van der Waals surface area contributed by atoms with Crippen LogP contribution in [0.3, 0.4) is 0 Å². The van der Waals surface area contributed by atoms with Crippen molar-refractivity contribution < 1.29 is 18.0 Å². The number of carbonyl (C=O) groups is 2. The lowest BCUT2D eigenvalue weighted by Gasteiger charge is -2.07. The Hall–Kier alpha value is -1.01. The van der Waals surface area contributed by atoms with Crippen LogP contribution in [-0.4, -0.2) is 30.6 Å². The molecule has 0 saturated heterocycles. The molecule has 1 aromatic carbocycles. The number of ketones is 2. The number of halogens is 1. The highest BCUT2D eigenvalue weighted by Gasteiger charge is 2.20. The zero-order valence-corrected chi connectivity index (χ0v) is 12.4. The molecule has 1 rings (SSSR count). The van der Waals surface area contributed by atoms with Gasteiger partial charge in [0.05, 0.1) is 15.5 Å². The molecule has 0 atom stereocenters. The number of benzene rings is 1. The van der Waals surface area contributed by atoms with Gasteiger partial charge in [0.2, 0.25) is 11.6 Å².